The molecular formula is C13H22N2O2. The van der Waals surface area contributed by atoms with Crippen molar-refractivity contribution in [2.75, 3.05) is 6.54 Å². The zero-order valence-electron chi connectivity index (χ0n) is 10.9. The summed E-state index contributed by atoms with van der Waals surface area (Å²) < 4.78 is 5.50. The van der Waals surface area contributed by atoms with E-state index in [-0.39, 0.29) is 11.9 Å². The maximum absolute atomic E-state index is 12.0. The molecule has 0 atom stereocenters. The van der Waals surface area contributed by atoms with Crippen LogP contribution in [0.5, 0.6) is 0 Å². The number of furan rings is 1. The molecular weight excluding hydrogens is 216 g/mol. The van der Waals surface area contributed by atoms with E-state index in [1.54, 1.807) is 0 Å². The van der Waals surface area contributed by atoms with Crippen molar-refractivity contribution in [1.82, 2.24) is 4.90 Å². The summed E-state index contributed by atoms with van der Waals surface area (Å²) in [6.07, 6.45) is 1.24. The Kier molecular flexibility index (Phi) is 5.22. The molecule has 17 heavy (non-hydrogen) atoms. The van der Waals surface area contributed by atoms with Gasteiger partial charge in [-0.3, -0.25) is 4.79 Å². The summed E-state index contributed by atoms with van der Waals surface area (Å²) in [4.78, 5) is 13.8. The van der Waals surface area contributed by atoms with Crippen LogP contribution >= 0.6 is 0 Å². The Labute approximate surface area is 103 Å². The minimum atomic E-state index is 0.138. The van der Waals surface area contributed by atoms with Gasteiger partial charge < -0.3 is 15.1 Å². The Hall–Kier alpha value is -1.29. The maximum atomic E-state index is 12.0. The number of hydrogen-bond acceptors (Lipinski definition) is 3. The molecule has 0 aliphatic rings. The largest absolute Gasteiger partial charge is 0.464 e. The second kappa shape index (κ2) is 6.45. The molecule has 0 aliphatic heterocycles. The Balaban J connectivity index is 2.63. The quantitative estimate of drug-likeness (QED) is 0.825. The average Bonchev–Trinajstić information content (AvgIpc) is 2.68. The standard InChI is InChI=1S/C13H22N2O2/c1-10(2)15(13(16)5-4-8-14)9-12-7-6-11(3)17-12/h6-7,10H,4-5,8-9,14H2,1-3H3. The first-order chi connectivity index (χ1) is 8.04. The fraction of sp³-hybridized carbons (Fsp3) is 0.615. The number of nitrogens with two attached hydrogens (primary N) is 1. The summed E-state index contributed by atoms with van der Waals surface area (Å²) in [5.74, 6) is 1.84. The van der Waals surface area contributed by atoms with Gasteiger partial charge in [0.05, 0.1) is 6.54 Å². The zero-order chi connectivity index (χ0) is 12.8. The fourth-order valence-electron chi connectivity index (χ4n) is 1.69. The molecule has 0 unspecified atom stereocenters. The molecule has 2 N–H and O–H groups in total. The van der Waals surface area contributed by atoms with Gasteiger partial charge in [-0.25, -0.2) is 0 Å². The van der Waals surface area contributed by atoms with Gasteiger partial charge >= 0.3 is 0 Å². The predicted octanol–water partition coefficient (Wildman–Crippen LogP) is 2.06. The van der Waals surface area contributed by atoms with Gasteiger partial charge in [-0.05, 0) is 45.9 Å². The molecule has 0 aromatic carbocycles. The smallest absolute Gasteiger partial charge is 0.223 e. The number of carbonyl (C=O) groups excluding carboxylic acids is 1. The molecule has 96 valence electrons. The number of hydrogen-bond donors (Lipinski definition) is 1. The summed E-state index contributed by atoms with van der Waals surface area (Å²) in [6.45, 7) is 7.01. The van der Waals surface area contributed by atoms with Crippen LogP contribution in [0.15, 0.2) is 16.5 Å². The van der Waals surface area contributed by atoms with Crippen LogP contribution in [0.3, 0.4) is 0 Å². The van der Waals surface area contributed by atoms with Gasteiger partial charge in [0, 0.05) is 12.5 Å². The molecule has 0 fully saturated rings. The van der Waals surface area contributed by atoms with Crippen molar-refractivity contribution in [3.05, 3.63) is 23.7 Å². The predicted molar refractivity (Wildman–Crippen MR) is 67.4 cm³/mol. The lowest BCUT2D eigenvalue weighted by atomic mass is 10.2. The van der Waals surface area contributed by atoms with E-state index in [0.717, 1.165) is 17.9 Å². The van der Waals surface area contributed by atoms with E-state index in [9.17, 15) is 4.79 Å². The van der Waals surface area contributed by atoms with Crippen molar-refractivity contribution < 1.29 is 9.21 Å². The monoisotopic (exact) mass is 238 g/mol. The number of amides is 1. The first kappa shape index (κ1) is 13.8. The molecule has 0 bridgehead atoms. The molecule has 1 heterocycles. The molecule has 1 rings (SSSR count). The summed E-state index contributed by atoms with van der Waals surface area (Å²) in [5.41, 5.74) is 5.42. The lowest BCUT2D eigenvalue weighted by Gasteiger charge is -2.25. The van der Waals surface area contributed by atoms with Crippen molar-refractivity contribution in [1.29, 1.82) is 0 Å². The number of aryl methyl sites for hydroxylation is 1. The van der Waals surface area contributed by atoms with Crippen molar-refractivity contribution in [2.45, 2.75) is 46.2 Å². The van der Waals surface area contributed by atoms with Crippen LogP contribution in [0.1, 0.15) is 38.2 Å². The lowest BCUT2D eigenvalue weighted by Crippen LogP contribution is -2.36. The Morgan fingerprint density at radius 3 is 2.65 bits per heavy atom. The summed E-state index contributed by atoms with van der Waals surface area (Å²) >= 11 is 0. The van der Waals surface area contributed by atoms with Gasteiger partial charge in [-0.2, -0.15) is 0 Å². The molecule has 0 aliphatic carbocycles. The number of nitrogens with zero attached hydrogens (tertiary/aromatic N) is 1. The van der Waals surface area contributed by atoms with E-state index in [0.29, 0.717) is 19.5 Å². The van der Waals surface area contributed by atoms with Crippen LogP contribution in [0.4, 0.5) is 0 Å². The number of carbonyl (C=O) groups is 1. The summed E-state index contributed by atoms with van der Waals surface area (Å²) in [5, 5.41) is 0. The Bertz CT molecular complexity index is 358. The van der Waals surface area contributed by atoms with Crippen LogP contribution in [0.25, 0.3) is 0 Å². The van der Waals surface area contributed by atoms with Crippen LogP contribution < -0.4 is 5.73 Å². The Morgan fingerprint density at radius 1 is 1.47 bits per heavy atom. The van der Waals surface area contributed by atoms with Gasteiger partial charge in [0.25, 0.3) is 0 Å². The van der Waals surface area contributed by atoms with Crippen LogP contribution in [0.2, 0.25) is 0 Å². The van der Waals surface area contributed by atoms with Gasteiger partial charge in [-0.15, -0.1) is 0 Å². The van der Waals surface area contributed by atoms with Crippen molar-refractivity contribution in [2.24, 2.45) is 5.73 Å². The third-order valence-corrected chi connectivity index (χ3v) is 2.66. The minimum absolute atomic E-state index is 0.138. The fourth-order valence-corrected chi connectivity index (χ4v) is 1.69. The van der Waals surface area contributed by atoms with Crippen molar-refractivity contribution in [3.63, 3.8) is 0 Å². The highest BCUT2D eigenvalue weighted by atomic mass is 16.3. The highest BCUT2D eigenvalue weighted by Crippen LogP contribution is 2.13. The molecule has 0 saturated heterocycles. The summed E-state index contributed by atoms with van der Waals surface area (Å²) in [7, 11) is 0. The van der Waals surface area contributed by atoms with E-state index in [2.05, 4.69) is 0 Å². The van der Waals surface area contributed by atoms with Crippen molar-refractivity contribution >= 4 is 5.91 Å². The van der Waals surface area contributed by atoms with E-state index >= 15 is 0 Å². The van der Waals surface area contributed by atoms with Gasteiger partial charge in [-0.1, -0.05) is 0 Å². The van der Waals surface area contributed by atoms with Crippen LogP contribution in [0, 0.1) is 6.92 Å². The third kappa shape index (κ3) is 4.23. The topological polar surface area (TPSA) is 59.5 Å². The third-order valence-electron chi connectivity index (χ3n) is 2.66. The lowest BCUT2D eigenvalue weighted by molar-refractivity contribution is -0.133. The molecule has 0 saturated carbocycles. The first-order valence-electron chi connectivity index (χ1n) is 6.09. The number of rotatable bonds is 6. The molecule has 4 nitrogen and oxygen atoms in total. The second-order valence-corrected chi connectivity index (χ2v) is 4.52. The average molecular weight is 238 g/mol. The molecule has 0 spiro atoms. The molecule has 1 aromatic rings. The van der Waals surface area contributed by atoms with E-state index in [1.807, 2.05) is 37.8 Å². The van der Waals surface area contributed by atoms with E-state index < -0.39 is 0 Å². The normalized spacial score (nSPS) is 10.9. The maximum Gasteiger partial charge on any atom is 0.223 e. The molecule has 1 aromatic heterocycles. The SMILES string of the molecule is Cc1ccc(CN(C(=O)CCCN)C(C)C)o1. The van der Waals surface area contributed by atoms with E-state index in [4.69, 9.17) is 10.2 Å². The molecule has 1 amide bonds. The van der Waals surface area contributed by atoms with Gasteiger partial charge in [0.1, 0.15) is 11.5 Å². The van der Waals surface area contributed by atoms with E-state index in [1.165, 1.54) is 0 Å². The zero-order valence-corrected chi connectivity index (χ0v) is 10.9. The highest BCUT2D eigenvalue weighted by molar-refractivity contribution is 5.76. The van der Waals surface area contributed by atoms with Gasteiger partial charge in [0.15, 0.2) is 0 Å². The highest BCUT2D eigenvalue weighted by Gasteiger charge is 2.17. The van der Waals surface area contributed by atoms with Crippen LogP contribution in [-0.4, -0.2) is 23.4 Å². The van der Waals surface area contributed by atoms with Gasteiger partial charge in [0.2, 0.25) is 5.91 Å². The van der Waals surface area contributed by atoms with Crippen molar-refractivity contribution in [3.8, 4) is 0 Å². The summed E-state index contributed by atoms with van der Waals surface area (Å²) in [6, 6.07) is 4.00. The Morgan fingerprint density at radius 2 is 2.18 bits per heavy atom. The first-order valence-corrected chi connectivity index (χ1v) is 6.09. The van der Waals surface area contributed by atoms with Crippen LogP contribution in [-0.2, 0) is 11.3 Å². The minimum Gasteiger partial charge on any atom is -0.464 e. The molecule has 0 radical (unpaired) electrons. The molecule has 4 heteroatoms. The second-order valence-electron chi connectivity index (χ2n) is 4.52.